The fourth-order valence-electron chi connectivity index (χ4n) is 2.09. The molecule has 0 spiro atoms. The molecule has 1 aromatic heterocycles. The molecule has 1 aromatic carbocycles. The molecule has 3 rings (SSSR count). The van der Waals surface area contributed by atoms with E-state index in [1.165, 1.54) is 0 Å². The summed E-state index contributed by atoms with van der Waals surface area (Å²) in [6.07, 6.45) is 2.24. The molecule has 5 heteroatoms. The zero-order chi connectivity index (χ0) is 12.4. The first-order chi connectivity index (χ1) is 8.78. The Morgan fingerprint density at radius 1 is 1.28 bits per heavy atom. The molecule has 0 aliphatic carbocycles. The fourth-order valence-corrected chi connectivity index (χ4v) is 2.35. The number of hydrogen-bond donors (Lipinski definition) is 0. The van der Waals surface area contributed by atoms with Crippen molar-refractivity contribution in [2.75, 3.05) is 13.4 Å². The van der Waals surface area contributed by atoms with Gasteiger partial charge in [-0.1, -0.05) is 30.3 Å². The first-order valence-corrected chi connectivity index (χ1v) is 6.45. The molecular weight excluding hydrogens is 298 g/mol. The number of rotatable bonds is 3. The van der Waals surface area contributed by atoms with Crippen molar-refractivity contribution in [2.24, 2.45) is 0 Å². The smallest absolute Gasteiger partial charge is 0.230 e. The van der Waals surface area contributed by atoms with Crippen LogP contribution in [-0.2, 0) is 21.5 Å². The van der Waals surface area contributed by atoms with Crippen molar-refractivity contribution in [3.63, 3.8) is 0 Å². The van der Waals surface area contributed by atoms with E-state index in [1.54, 1.807) is 6.26 Å². The molecule has 18 heavy (non-hydrogen) atoms. The highest BCUT2D eigenvalue weighted by atomic mass is 79.9. The lowest BCUT2D eigenvalue weighted by atomic mass is 9.95. The maximum atomic E-state index is 5.74. The number of nitrogens with zero attached hydrogens (tertiary/aromatic N) is 1. The van der Waals surface area contributed by atoms with Gasteiger partial charge in [0.05, 0.1) is 6.61 Å². The van der Waals surface area contributed by atoms with Crippen molar-refractivity contribution in [1.82, 2.24) is 4.98 Å². The Balaban J connectivity index is 1.92. The van der Waals surface area contributed by atoms with Gasteiger partial charge in [-0.3, -0.25) is 0 Å². The maximum absolute atomic E-state index is 5.74. The normalized spacial score (nSPS) is 23.4. The minimum absolute atomic E-state index is 0.271. The number of aromatic nitrogens is 1. The van der Waals surface area contributed by atoms with Gasteiger partial charge in [0.15, 0.2) is 5.60 Å². The van der Waals surface area contributed by atoms with E-state index in [1.807, 2.05) is 18.2 Å². The van der Waals surface area contributed by atoms with E-state index in [0.717, 1.165) is 5.56 Å². The molecule has 2 aromatic rings. The fraction of sp³-hybridized carbons (Fsp3) is 0.308. The second kappa shape index (κ2) is 4.84. The Morgan fingerprint density at radius 2 is 2.11 bits per heavy atom. The molecule has 2 heterocycles. The topological polar surface area (TPSA) is 44.5 Å². The van der Waals surface area contributed by atoms with Gasteiger partial charge in [-0.2, -0.15) is 0 Å². The molecule has 1 aliphatic heterocycles. The summed E-state index contributed by atoms with van der Waals surface area (Å²) < 4.78 is 17.2. The van der Waals surface area contributed by atoms with E-state index in [2.05, 4.69) is 33.0 Å². The SMILES string of the molecule is Brc1coc(C2(Cc3ccccc3)COCO2)n1. The van der Waals surface area contributed by atoms with Crippen molar-refractivity contribution in [3.05, 3.63) is 52.7 Å². The van der Waals surface area contributed by atoms with Crippen molar-refractivity contribution in [2.45, 2.75) is 12.0 Å². The van der Waals surface area contributed by atoms with E-state index in [4.69, 9.17) is 13.9 Å². The molecule has 1 saturated heterocycles. The summed E-state index contributed by atoms with van der Waals surface area (Å²) in [5.41, 5.74) is 0.547. The Labute approximate surface area is 113 Å². The lowest BCUT2D eigenvalue weighted by Gasteiger charge is -2.22. The van der Waals surface area contributed by atoms with Gasteiger partial charge in [-0.15, -0.1) is 0 Å². The molecule has 0 N–H and O–H groups in total. The number of oxazole rings is 1. The second-order valence-electron chi connectivity index (χ2n) is 4.24. The third-order valence-electron chi connectivity index (χ3n) is 2.95. The highest BCUT2D eigenvalue weighted by molar-refractivity contribution is 9.10. The minimum Gasteiger partial charge on any atom is -0.445 e. The van der Waals surface area contributed by atoms with Crippen LogP contribution in [0.1, 0.15) is 11.5 Å². The zero-order valence-corrected chi connectivity index (χ0v) is 11.2. The molecule has 1 unspecified atom stereocenters. The third-order valence-corrected chi connectivity index (χ3v) is 3.32. The van der Waals surface area contributed by atoms with Gasteiger partial charge >= 0.3 is 0 Å². The van der Waals surface area contributed by atoms with Crippen LogP contribution in [0.4, 0.5) is 0 Å². The van der Waals surface area contributed by atoms with Crippen LogP contribution in [0.2, 0.25) is 0 Å². The van der Waals surface area contributed by atoms with E-state index in [9.17, 15) is 0 Å². The van der Waals surface area contributed by atoms with Gasteiger partial charge in [0.25, 0.3) is 0 Å². The molecule has 1 aliphatic rings. The third kappa shape index (κ3) is 2.21. The zero-order valence-electron chi connectivity index (χ0n) is 9.64. The quantitative estimate of drug-likeness (QED) is 0.874. The number of ether oxygens (including phenoxy) is 2. The van der Waals surface area contributed by atoms with Gasteiger partial charge < -0.3 is 13.9 Å². The molecule has 4 nitrogen and oxygen atoms in total. The number of hydrogen-bond acceptors (Lipinski definition) is 4. The lowest BCUT2D eigenvalue weighted by Crippen LogP contribution is -2.31. The molecule has 0 saturated carbocycles. The highest BCUT2D eigenvalue weighted by Crippen LogP contribution is 2.34. The van der Waals surface area contributed by atoms with Crippen molar-refractivity contribution in [1.29, 1.82) is 0 Å². The van der Waals surface area contributed by atoms with Crippen LogP contribution in [0.25, 0.3) is 0 Å². The van der Waals surface area contributed by atoms with Gasteiger partial charge in [-0.25, -0.2) is 4.98 Å². The van der Waals surface area contributed by atoms with E-state index < -0.39 is 5.60 Å². The standard InChI is InChI=1S/C13H12BrNO3/c14-11-7-17-12(15-11)13(8-16-9-18-13)6-10-4-2-1-3-5-10/h1-5,7H,6,8-9H2. The Kier molecular flexibility index (Phi) is 3.20. The Hall–Kier alpha value is -1.17. The summed E-state index contributed by atoms with van der Waals surface area (Å²) >= 11 is 3.29. The van der Waals surface area contributed by atoms with Crippen molar-refractivity contribution < 1.29 is 13.9 Å². The highest BCUT2D eigenvalue weighted by Gasteiger charge is 2.42. The molecule has 94 valence electrons. The average Bonchev–Trinajstić information content (AvgIpc) is 3.01. The van der Waals surface area contributed by atoms with E-state index in [-0.39, 0.29) is 6.79 Å². The molecular formula is C13H12BrNO3. The van der Waals surface area contributed by atoms with E-state index >= 15 is 0 Å². The van der Waals surface area contributed by atoms with Crippen LogP contribution < -0.4 is 0 Å². The van der Waals surface area contributed by atoms with Crippen molar-refractivity contribution in [3.8, 4) is 0 Å². The summed E-state index contributed by atoms with van der Waals surface area (Å²) in [6.45, 7) is 0.724. The maximum Gasteiger partial charge on any atom is 0.230 e. The first kappa shape index (κ1) is 11.9. The monoisotopic (exact) mass is 309 g/mol. The first-order valence-electron chi connectivity index (χ1n) is 5.66. The van der Waals surface area contributed by atoms with Gasteiger partial charge in [0.2, 0.25) is 5.89 Å². The Bertz CT molecular complexity index is 520. The van der Waals surface area contributed by atoms with Crippen LogP contribution in [0, 0.1) is 0 Å². The number of benzene rings is 1. The van der Waals surface area contributed by atoms with Crippen LogP contribution >= 0.6 is 15.9 Å². The predicted molar refractivity (Wildman–Crippen MR) is 67.9 cm³/mol. The van der Waals surface area contributed by atoms with Crippen LogP contribution in [-0.4, -0.2) is 18.4 Å². The second-order valence-corrected chi connectivity index (χ2v) is 5.06. The van der Waals surface area contributed by atoms with Crippen molar-refractivity contribution >= 4 is 15.9 Å². The van der Waals surface area contributed by atoms with Crippen LogP contribution in [0.15, 0.2) is 45.6 Å². The minimum atomic E-state index is -0.618. The van der Waals surface area contributed by atoms with Crippen LogP contribution in [0.5, 0.6) is 0 Å². The summed E-state index contributed by atoms with van der Waals surface area (Å²) in [5, 5.41) is 0. The summed E-state index contributed by atoms with van der Waals surface area (Å²) in [5.74, 6) is 0.552. The number of halogens is 1. The molecule has 1 atom stereocenters. The molecule has 1 fully saturated rings. The average molecular weight is 310 g/mol. The molecule has 0 bridgehead atoms. The summed E-state index contributed by atoms with van der Waals surface area (Å²) in [6, 6.07) is 10.1. The predicted octanol–water partition coefficient (Wildman–Crippen LogP) is 2.88. The van der Waals surface area contributed by atoms with Gasteiger partial charge in [-0.05, 0) is 21.5 Å². The Morgan fingerprint density at radius 3 is 2.72 bits per heavy atom. The largest absolute Gasteiger partial charge is 0.445 e. The van der Waals surface area contributed by atoms with E-state index in [0.29, 0.717) is 23.5 Å². The summed E-state index contributed by atoms with van der Waals surface area (Å²) in [7, 11) is 0. The van der Waals surface area contributed by atoms with Crippen LogP contribution in [0.3, 0.4) is 0 Å². The van der Waals surface area contributed by atoms with Gasteiger partial charge in [0, 0.05) is 6.42 Å². The molecule has 0 amide bonds. The molecule has 0 radical (unpaired) electrons. The lowest BCUT2D eigenvalue weighted by molar-refractivity contribution is -0.0272. The van der Waals surface area contributed by atoms with Gasteiger partial charge in [0.1, 0.15) is 17.7 Å². The summed E-state index contributed by atoms with van der Waals surface area (Å²) in [4.78, 5) is 4.31.